The molecule has 2 aromatic carbocycles. The summed E-state index contributed by atoms with van der Waals surface area (Å²) in [7, 11) is -6.23. The predicted molar refractivity (Wildman–Crippen MR) is 315 cm³/mol. The molecule has 1 aliphatic rings. The Kier molecular flexibility index (Phi) is 37.6. The van der Waals surface area contributed by atoms with Gasteiger partial charge in [0.2, 0.25) is 23.3 Å². The number of benzene rings is 2. The zero-order chi connectivity index (χ0) is 65.3. The van der Waals surface area contributed by atoms with Gasteiger partial charge in [-0.25, -0.2) is 28.0 Å². The molecular weight excluding hydrogens is 1220 g/mol. The maximum absolute atomic E-state index is 14.2. The number of nitrogens with two attached hydrogens (primary N) is 1. The Bertz CT molecular complexity index is 2690. The highest BCUT2D eigenvalue weighted by Crippen LogP contribution is 2.38. The Balaban J connectivity index is 0.813. The molecule has 90 heavy (non-hydrogen) atoms. The first-order valence-electron chi connectivity index (χ1n) is 29.4. The Morgan fingerprint density at radius 1 is 0.622 bits per heavy atom. The van der Waals surface area contributed by atoms with Crippen molar-refractivity contribution in [2.24, 2.45) is 10.7 Å². The fourth-order valence-electron chi connectivity index (χ4n) is 7.68. The van der Waals surface area contributed by atoms with E-state index in [0.717, 1.165) is 23.1 Å². The number of carbonyl (C=O) groups is 3. The van der Waals surface area contributed by atoms with Gasteiger partial charge in [-0.05, 0) is 31.1 Å². The minimum atomic E-state index is -6.23. The van der Waals surface area contributed by atoms with Crippen molar-refractivity contribution in [3.05, 3.63) is 70.8 Å². The van der Waals surface area contributed by atoms with E-state index < -0.39 is 55.9 Å². The van der Waals surface area contributed by atoms with E-state index >= 15 is 0 Å². The topological polar surface area (TPSA) is 328 Å². The van der Waals surface area contributed by atoms with E-state index in [9.17, 15) is 45.3 Å². The van der Waals surface area contributed by atoms with E-state index in [-0.39, 0.29) is 77.1 Å². The lowest BCUT2D eigenvalue weighted by Gasteiger charge is -2.27. The van der Waals surface area contributed by atoms with Crippen LogP contribution < -0.4 is 20.8 Å². The standard InChI is InChI=1S/C58H86F4N6O21S/c1-4-10-68(88-5-2)58(71)45-37-44-7-6-43(38-47(44)67-48(63)39-45)46-40-64-49(65-41-46)42-66-50(69)8-11-75-13-15-77-17-19-79-21-23-81-25-27-83-29-31-85-33-35-87-36-34-86-32-30-84-28-26-82-24-22-80-20-18-78-16-14-76-12-9-51(70)89-56-52(59)54(61)57(55(62)53(56)60)90(3,72,73)74/h6-7,37-38,40-41H,4-5,8-36,39,42H2,1-3H3,(H2,63,67)(H,66,69)(H2,72,73,74)/p+1. The van der Waals surface area contributed by atoms with Gasteiger partial charge in [0.05, 0.1) is 202 Å². The summed E-state index contributed by atoms with van der Waals surface area (Å²) in [5.41, 5.74) is 9.81. The molecule has 6 N–H and O–H groups in total. The minimum absolute atomic E-state index is 0.0223. The fraction of sp³-hybridized carbons (Fsp3) is 0.621. The maximum Gasteiger partial charge on any atom is 0.315 e. The molecule has 0 aliphatic carbocycles. The first kappa shape index (κ1) is 76.8. The molecule has 32 heteroatoms. The molecule has 0 saturated heterocycles. The highest BCUT2D eigenvalue weighted by Gasteiger charge is 2.40. The number of amidine groups is 1. The van der Waals surface area contributed by atoms with Crippen LogP contribution in [0.4, 0.5) is 23.2 Å². The van der Waals surface area contributed by atoms with Gasteiger partial charge in [0.25, 0.3) is 5.91 Å². The average Bonchev–Trinajstić information content (AvgIpc) is 0.812. The van der Waals surface area contributed by atoms with E-state index in [1.807, 2.05) is 38.1 Å². The number of ether oxygens (including phenoxy) is 14. The Morgan fingerprint density at radius 3 is 1.43 bits per heavy atom. The second-order valence-electron chi connectivity index (χ2n) is 19.4. The molecule has 508 valence electrons. The molecule has 0 atom stereocenters. The van der Waals surface area contributed by atoms with Crippen molar-refractivity contribution >= 4 is 45.0 Å². The number of fused-ring (bicyclic) bond motifs is 1. The third kappa shape index (κ3) is 31.1. The summed E-state index contributed by atoms with van der Waals surface area (Å²) in [6.45, 7) is 13.4. The minimum Gasteiger partial charge on any atom is -0.420 e. The number of nitrogens with one attached hydrogen (secondary N) is 2. The maximum atomic E-state index is 14.2. The normalized spacial score (nSPS) is 12.9. The van der Waals surface area contributed by atoms with Crippen LogP contribution >= 0.6 is 0 Å². The number of aliphatic imine (C=N–C) groups is 1. The van der Waals surface area contributed by atoms with E-state index in [1.165, 1.54) is 5.06 Å². The van der Waals surface area contributed by atoms with Gasteiger partial charge in [0.1, 0.15) is 26.9 Å². The first-order valence-corrected chi connectivity index (χ1v) is 31.7. The highest BCUT2D eigenvalue weighted by atomic mass is 32.3. The third-order valence-corrected chi connectivity index (χ3v) is 13.3. The van der Waals surface area contributed by atoms with Gasteiger partial charge in [-0.3, -0.25) is 19.2 Å². The molecule has 1 aliphatic heterocycles. The molecule has 4 rings (SSSR count). The monoisotopic (exact) mass is 1310 g/mol. The van der Waals surface area contributed by atoms with Gasteiger partial charge in [0, 0.05) is 36.8 Å². The van der Waals surface area contributed by atoms with Crippen molar-refractivity contribution in [1.29, 1.82) is 0 Å². The van der Waals surface area contributed by atoms with Crippen molar-refractivity contribution in [3.63, 3.8) is 0 Å². The molecule has 0 radical (unpaired) electrons. The Labute approximate surface area is 520 Å². The number of hydroxylamine groups is 2. The summed E-state index contributed by atoms with van der Waals surface area (Å²) >= 11 is 0. The first-order chi connectivity index (χ1) is 43.4. The van der Waals surface area contributed by atoms with Gasteiger partial charge in [-0.2, -0.15) is 8.78 Å². The van der Waals surface area contributed by atoms with Crippen LogP contribution in [0, 0.1) is 23.3 Å². The number of nitrogens with zero attached hydrogens (tertiary/aromatic N) is 3. The number of esters is 1. The van der Waals surface area contributed by atoms with E-state index in [0.29, 0.717) is 168 Å². The second-order valence-corrected chi connectivity index (χ2v) is 22.2. The molecule has 27 nitrogen and oxygen atoms in total. The lowest BCUT2D eigenvalue weighted by Crippen LogP contribution is -2.34. The number of hydrogen-bond donors (Lipinski definition) is 4. The zero-order valence-electron chi connectivity index (χ0n) is 51.3. The molecule has 0 fully saturated rings. The molecule has 0 bridgehead atoms. The summed E-state index contributed by atoms with van der Waals surface area (Å²) < 4.78 is 162. The number of halogens is 4. The molecule has 2 heterocycles. The lowest BCUT2D eigenvalue weighted by atomic mass is 10.0. The van der Waals surface area contributed by atoms with Crippen molar-refractivity contribution in [2.75, 3.05) is 191 Å². The van der Waals surface area contributed by atoms with Crippen LogP contribution in [0.2, 0.25) is 0 Å². The quantitative estimate of drug-likeness (QED) is 0.0155. The van der Waals surface area contributed by atoms with E-state index in [2.05, 4.69) is 25.0 Å². The molecule has 2 amide bonds. The summed E-state index contributed by atoms with van der Waals surface area (Å²) in [6.07, 6.45) is 5.97. The summed E-state index contributed by atoms with van der Waals surface area (Å²) in [4.78, 5) is 53.1. The number of rotatable bonds is 52. The smallest absolute Gasteiger partial charge is 0.315 e. The summed E-state index contributed by atoms with van der Waals surface area (Å²) in [6, 6.07) is 5.71. The molecular formula is C58H87F4N6O21S+. The molecule has 1 aromatic heterocycles. The molecule has 0 unspecified atom stereocenters. The SMILES string of the molecule is CCCN(OCC)C(=O)C1=Cc2ccc(-c3cnc(CNC(=O)CCOCCOCCOCCOCCOCCOCCOCCOCCOCCOCCOCCOCCOCCC(=O)Oc4c(F)c(F)c(S(C)(=O)(O)O)c(F)c4F)[nH+]c3)cc2N=C(N)C1. The number of aromatic amines is 1. The van der Waals surface area contributed by atoms with Crippen molar-refractivity contribution < 1.29 is 121 Å². The van der Waals surface area contributed by atoms with Crippen LogP contribution in [-0.4, -0.2) is 238 Å². The second kappa shape index (κ2) is 44.0. The van der Waals surface area contributed by atoms with Crippen molar-refractivity contribution in [1.82, 2.24) is 15.4 Å². The number of H-pyrrole nitrogens is 1. The number of hydrogen-bond acceptors (Lipinski definition) is 22. The Morgan fingerprint density at radius 2 is 1.04 bits per heavy atom. The van der Waals surface area contributed by atoms with Gasteiger partial charge < -0.3 is 86.5 Å². The van der Waals surface area contributed by atoms with E-state index in [4.69, 9.17) is 72.2 Å². The lowest BCUT2D eigenvalue weighted by molar-refractivity contribution is -0.395. The number of aromatic nitrogens is 2. The largest absolute Gasteiger partial charge is 0.420 e. The van der Waals surface area contributed by atoms with Crippen LogP contribution in [0.5, 0.6) is 5.75 Å². The van der Waals surface area contributed by atoms with Crippen LogP contribution in [0.25, 0.3) is 17.2 Å². The number of carbonyl (C=O) groups excluding carboxylic acids is 3. The average molecular weight is 1310 g/mol. The van der Waals surface area contributed by atoms with Crippen LogP contribution in [0.1, 0.15) is 50.9 Å². The molecule has 0 saturated carbocycles. The van der Waals surface area contributed by atoms with Crippen LogP contribution in [0.3, 0.4) is 0 Å². The highest BCUT2D eigenvalue weighted by molar-refractivity contribution is 8.09. The predicted octanol–water partition coefficient (Wildman–Crippen LogP) is 4.06. The van der Waals surface area contributed by atoms with Crippen LogP contribution in [-0.2, 0) is 97.0 Å². The third-order valence-electron chi connectivity index (χ3n) is 12.0. The van der Waals surface area contributed by atoms with Crippen molar-refractivity contribution in [2.45, 2.75) is 51.0 Å². The Hall–Kier alpha value is -5.63. The van der Waals surface area contributed by atoms with Crippen molar-refractivity contribution in [3.8, 4) is 16.9 Å². The fourth-order valence-corrected chi connectivity index (χ4v) is 8.68. The van der Waals surface area contributed by atoms with Gasteiger partial charge >= 0.3 is 11.8 Å². The van der Waals surface area contributed by atoms with Gasteiger partial charge in [-0.1, -0.05) is 24.0 Å². The molecule has 0 spiro atoms. The summed E-state index contributed by atoms with van der Waals surface area (Å²) in [5.74, 6) is -11.9. The molecule has 3 aromatic rings. The zero-order valence-corrected chi connectivity index (χ0v) is 52.1. The van der Waals surface area contributed by atoms with Crippen LogP contribution in [0.15, 0.2) is 46.1 Å². The van der Waals surface area contributed by atoms with E-state index in [1.54, 1.807) is 12.4 Å². The number of amides is 2. The van der Waals surface area contributed by atoms with Gasteiger partial charge in [-0.15, -0.1) is 0 Å². The van der Waals surface area contributed by atoms with Gasteiger partial charge in [0.15, 0.2) is 17.8 Å². The summed E-state index contributed by atoms with van der Waals surface area (Å²) in [5, 5.41) is 4.21.